The summed E-state index contributed by atoms with van der Waals surface area (Å²) >= 11 is 5.84. The SMILES string of the molecule is O=C(Cc1ccc2ncoc2c1)NCCc1ccc(Cl)cc1. The largest absolute Gasteiger partial charge is 0.443 e. The standard InChI is InChI=1S/C17H15ClN2O2/c18-14-4-1-12(2-5-14)7-8-19-17(21)10-13-3-6-15-16(9-13)22-11-20-15/h1-6,9,11H,7-8,10H2,(H,19,21). The zero-order valence-corrected chi connectivity index (χ0v) is 12.6. The number of carbonyl (C=O) groups excluding carboxylic acids is 1. The van der Waals surface area contributed by atoms with Crippen LogP contribution in [0.5, 0.6) is 0 Å². The third kappa shape index (κ3) is 3.65. The molecule has 112 valence electrons. The predicted octanol–water partition coefficient (Wildman–Crippen LogP) is 3.38. The van der Waals surface area contributed by atoms with Crippen molar-refractivity contribution >= 4 is 28.6 Å². The number of hydrogen-bond acceptors (Lipinski definition) is 3. The van der Waals surface area contributed by atoms with E-state index < -0.39 is 0 Å². The molecule has 1 aromatic heterocycles. The van der Waals surface area contributed by atoms with Gasteiger partial charge in [0.05, 0.1) is 6.42 Å². The molecule has 3 rings (SSSR count). The van der Waals surface area contributed by atoms with E-state index in [9.17, 15) is 4.79 Å². The van der Waals surface area contributed by atoms with Gasteiger partial charge in [0, 0.05) is 11.6 Å². The fraction of sp³-hybridized carbons (Fsp3) is 0.176. The zero-order chi connectivity index (χ0) is 15.4. The number of oxazole rings is 1. The summed E-state index contributed by atoms with van der Waals surface area (Å²) < 4.78 is 5.24. The van der Waals surface area contributed by atoms with Crippen LogP contribution in [0.1, 0.15) is 11.1 Å². The minimum absolute atomic E-state index is 0.00664. The summed E-state index contributed by atoms with van der Waals surface area (Å²) in [6.45, 7) is 0.602. The number of benzene rings is 2. The van der Waals surface area contributed by atoms with Crippen molar-refractivity contribution < 1.29 is 9.21 Å². The van der Waals surface area contributed by atoms with Gasteiger partial charge in [-0.05, 0) is 41.8 Å². The molecular formula is C17H15ClN2O2. The topological polar surface area (TPSA) is 55.1 Å². The highest BCUT2D eigenvalue weighted by Crippen LogP contribution is 2.14. The van der Waals surface area contributed by atoms with Gasteiger partial charge in [0.15, 0.2) is 12.0 Å². The van der Waals surface area contributed by atoms with E-state index in [-0.39, 0.29) is 5.91 Å². The van der Waals surface area contributed by atoms with Crippen LogP contribution in [0.4, 0.5) is 0 Å². The first-order valence-electron chi connectivity index (χ1n) is 7.04. The Morgan fingerprint density at radius 2 is 1.91 bits per heavy atom. The van der Waals surface area contributed by atoms with E-state index in [4.69, 9.17) is 16.0 Å². The van der Waals surface area contributed by atoms with Gasteiger partial charge in [-0.1, -0.05) is 29.8 Å². The molecule has 0 bridgehead atoms. The fourth-order valence-corrected chi connectivity index (χ4v) is 2.38. The molecule has 0 aliphatic heterocycles. The third-order valence-electron chi connectivity index (χ3n) is 3.41. The normalized spacial score (nSPS) is 10.8. The molecule has 22 heavy (non-hydrogen) atoms. The van der Waals surface area contributed by atoms with Gasteiger partial charge in [0.1, 0.15) is 5.52 Å². The summed E-state index contributed by atoms with van der Waals surface area (Å²) in [6, 6.07) is 13.2. The smallest absolute Gasteiger partial charge is 0.224 e. The van der Waals surface area contributed by atoms with Crippen LogP contribution in [0.15, 0.2) is 53.3 Å². The van der Waals surface area contributed by atoms with Crippen molar-refractivity contribution in [3.8, 4) is 0 Å². The molecule has 0 atom stereocenters. The maximum Gasteiger partial charge on any atom is 0.224 e. The number of nitrogens with one attached hydrogen (secondary N) is 1. The first-order chi connectivity index (χ1) is 10.7. The monoisotopic (exact) mass is 314 g/mol. The van der Waals surface area contributed by atoms with Gasteiger partial charge in [-0.3, -0.25) is 4.79 Å². The number of fused-ring (bicyclic) bond motifs is 1. The highest BCUT2D eigenvalue weighted by atomic mass is 35.5. The Labute approximate surface area is 133 Å². The van der Waals surface area contributed by atoms with Crippen LogP contribution in [0.2, 0.25) is 5.02 Å². The lowest BCUT2D eigenvalue weighted by molar-refractivity contribution is -0.120. The van der Waals surface area contributed by atoms with Crippen LogP contribution in [0.3, 0.4) is 0 Å². The number of aromatic nitrogens is 1. The molecule has 0 fully saturated rings. The molecule has 0 aliphatic rings. The number of rotatable bonds is 5. The van der Waals surface area contributed by atoms with Crippen molar-refractivity contribution in [2.24, 2.45) is 0 Å². The Morgan fingerprint density at radius 3 is 2.73 bits per heavy atom. The Bertz CT molecular complexity index is 781. The molecule has 0 spiro atoms. The van der Waals surface area contributed by atoms with E-state index in [0.717, 1.165) is 28.1 Å². The van der Waals surface area contributed by atoms with Crippen molar-refractivity contribution in [1.82, 2.24) is 10.3 Å². The van der Waals surface area contributed by atoms with Crippen LogP contribution < -0.4 is 5.32 Å². The first kappa shape index (κ1) is 14.6. The van der Waals surface area contributed by atoms with Gasteiger partial charge in [0.2, 0.25) is 5.91 Å². The van der Waals surface area contributed by atoms with E-state index in [1.165, 1.54) is 6.39 Å². The summed E-state index contributed by atoms with van der Waals surface area (Å²) in [5.41, 5.74) is 3.55. The first-order valence-corrected chi connectivity index (χ1v) is 7.42. The molecule has 0 saturated heterocycles. The summed E-state index contributed by atoms with van der Waals surface area (Å²) in [7, 11) is 0. The van der Waals surface area contributed by atoms with Gasteiger partial charge in [-0.15, -0.1) is 0 Å². The van der Waals surface area contributed by atoms with E-state index in [1.807, 2.05) is 42.5 Å². The molecule has 1 N–H and O–H groups in total. The van der Waals surface area contributed by atoms with Crippen molar-refractivity contribution in [3.05, 3.63) is 65.0 Å². The molecule has 2 aromatic carbocycles. The summed E-state index contributed by atoms with van der Waals surface area (Å²) in [5.74, 6) is -0.00664. The highest BCUT2D eigenvalue weighted by Gasteiger charge is 2.06. The zero-order valence-electron chi connectivity index (χ0n) is 11.9. The Kier molecular flexibility index (Phi) is 4.39. The molecular weight excluding hydrogens is 300 g/mol. The van der Waals surface area contributed by atoms with E-state index in [1.54, 1.807) is 0 Å². The average molecular weight is 315 g/mol. The fourth-order valence-electron chi connectivity index (χ4n) is 2.25. The van der Waals surface area contributed by atoms with Crippen molar-refractivity contribution in [1.29, 1.82) is 0 Å². The van der Waals surface area contributed by atoms with E-state index >= 15 is 0 Å². The molecule has 5 heteroatoms. The predicted molar refractivity (Wildman–Crippen MR) is 85.9 cm³/mol. The molecule has 1 amide bonds. The van der Waals surface area contributed by atoms with E-state index in [0.29, 0.717) is 18.5 Å². The van der Waals surface area contributed by atoms with E-state index in [2.05, 4.69) is 10.3 Å². The number of halogens is 1. The third-order valence-corrected chi connectivity index (χ3v) is 3.66. The van der Waals surface area contributed by atoms with Gasteiger partial charge in [-0.2, -0.15) is 0 Å². The second-order valence-corrected chi connectivity index (χ2v) is 5.49. The van der Waals surface area contributed by atoms with Crippen molar-refractivity contribution in [2.75, 3.05) is 6.54 Å². The van der Waals surface area contributed by atoms with Crippen LogP contribution in [0.25, 0.3) is 11.1 Å². The second kappa shape index (κ2) is 6.62. The summed E-state index contributed by atoms with van der Waals surface area (Å²) in [5, 5.41) is 3.64. The summed E-state index contributed by atoms with van der Waals surface area (Å²) in [4.78, 5) is 16.0. The van der Waals surface area contributed by atoms with Gasteiger partial charge < -0.3 is 9.73 Å². The molecule has 0 saturated carbocycles. The quantitative estimate of drug-likeness (QED) is 0.785. The minimum Gasteiger partial charge on any atom is -0.443 e. The lowest BCUT2D eigenvalue weighted by Gasteiger charge is -2.06. The number of carbonyl (C=O) groups is 1. The van der Waals surface area contributed by atoms with Crippen LogP contribution in [-0.2, 0) is 17.6 Å². The molecule has 0 radical (unpaired) electrons. The molecule has 3 aromatic rings. The molecule has 1 heterocycles. The lowest BCUT2D eigenvalue weighted by atomic mass is 10.1. The molecule has 0 aliphatic carbocycles. The van der Waals surface area contributed by atoms with Gasteiger partial charge in [-0.25, -0.2) is 4.98 Å². The maximum atomic E-state index is 12.0. The Balaban J connectivity index is 1.50. The second-order valence-electron chi connectivity index (χ2n) is 5.06. The van der Waals surface area contributed by atoms with Crippen LogP contribution in [0, 0.1) is 0 Å². The average Bonchev–Trinajstić information content (AvgIpc) is 2.97. The Hall–Kier alpha value is -2.33. The van der Waals surface area contributed by atoms with Crippen molar-refractivity contribution in [3.63, 3.8) is 0 Å². The summed E-state index contributed by atoms with van der Waals surface area (Å²) in [6.07, 6.45) is 2.52. The number of amides is 1. The Morgan fingerprint density at radius 1 is 1.14 bits per heavy atom. The lowest BCUT2D eigenvalue weighted by Crippen LogP contribution is -2.27. The van der Waals surface area contributed by atoms with Crippen molar-refractivity contribution in [2.45, 2.75) is 12.8 Å². The molecule has 4 nitrogen and oxygen atoms in total. The van der Waals surface area contributed by atoms with Crippen LogP contribution >= 0.6 is 11.6 Å². The minimum atomic E-state index is -0.00664. The van der Waals surface area contributed by atoms with Gasteiger partial charge >= 0.3 is 0 Å². The van der Waals surface area contributed by atoms with Gasteiger partial charge in [0.25, 0.3) is 0 Å². The number of hydrogen-bond donors (Lipinski definition) is 1. The maximum absolute atomic E-state index is 12.0. The number of nitrogens with zero attached hydrogens (tertiary/aromatic N) is 1. The van der Waals surface area contributed by atoms with Crippen LogP contribution in [-0.4, -0.2) is 17.4 Å². The molecule has 0 unspecified atom stereocenters. The highest BCUT2D eigenvalue weighted by molar-refractivity contribution is 6.30.